The van der Waals surface area contributed by atoms with Crippen LogP contribution in [0.3, 0.4) is 0 Å². The van der Waals surface area contributed by atoms with Gasteiger partial charge in [0.05, 0.1) is 22.2 Å². The van der Waals surface area contributed by atoms with Gasteiger partial charge in [0.2, 0.25) is 0 Å². The highest BCUT2D eigenvalue weighted by molar-refractivity contribution is 7.92. The van der Waals surface area contributed by atoms with E-state index >= 15 is 0 Å². The lowest BCUT2D eigenvalue weighted by Gasteiger charge is -2.20. The van der Waals surface area contributed by atoms with Gasteiger partial charge in [-0.15, -0.1) is 0 Å². The molecule has 0 aliphatic rings. The lowest BCUT2D eigenvalue weighted by Crippen LogP contribution is -2.26. The Morgan fingerprint density at radius 2 is 1.62 bits per heavy atom. The number of nitrogens with one attached hydrogen (secondary N) is 1. The molecule has 0 bridgehead atoms. The number of anilines is 2. The minimum atomic E-state index is -3.75. The van der Waals surface area contributed by atoms with Crippen molar-refractivity contribution in [2.75, 3.05) is 23.3 Å². The Labute approximate surface area is 197 Å². The Hall–Kier alpha value is -4.35. The molecule has 4 aromatic carbocycles. The van der Waals surface area contributed by atoms with Crippen LogP contribution >= 0.6 is 0 Å². The maximum atomic E-state index is 13.1. The van der Waals surface area contributed by atoms with Gasteiger partial charge in [-0.2, -0.15) is 5.26 Å². The fourth-order valence-corrected chi connectivity index (χ4v) is 4.58. The van der Waals surface area contributed by atoms with E-state index in [2.05, 4.69) is 5.32 Å². The molecule has 0 spiro atoms. The second-order valence-electron chi connectivity index (χ2n) is 7.50. The predicted molar refractivity (Wildman–Crippen MR) is 131 cm³/mol. The van der Waals surface area contributed by atoms with E-state index in [9.17, 15) is 13.2 Å². The molecule has 0 saturated carbocycles. The smallest absolute Gasteiger partial charge is 0.264 e. The molecule has 0 aliphatic heterocycles. The summed E-state index contributed by atoms with van der Waals surface area (Å²) in [5.41, 5.74) is 1.52. The average Bonchev–Trinajstić information content (AvgIpc) is 2.87. The largest absolute Gasteiger partial charge is 0.484 e. The zero-order valence-corrected chi connectivity index (χ0v) is 19.1. The Kier molecular flexibility index (Phi) is 6.48. The van der Waals surface area contributed by atoms with Gasteiger partial charge in [0.25, 0.3) is 15.9 Å². The van der Waals surface area contributed by atoms with E-state index in [1.165, 1.54) is 11.4 Å². The number of fused-ring (bicyclic) bond motifs is 1. The molecule has 0 saturated heterocycles. The van der Waals surface area contributed by atoms with Crippen molar-refractivity contribution < 1.29 is 17.9 Å². The van der Waals surface area contributed by atoms with Crippen molar-refractivity contribution in [3.8, 4) is 11.8 Å². The maximum Gasteiger partial charge on any atom is 0.264 e. The molecule has 0 atom stereocenters. The quantitative estimate of drug-likeness (QED) is 0.426. The van der Waals surface area contributed by atoms with Crippen LogP contribution in [0.1, 0.15) is 5.56 Å². The Morgan fingerprint density at radius 1 is 0.941 bits per heavy atom. The number of benzene rings is 4. The van der Waals surface area contributed by atoms with Crippen molar-refractivity contribution in [2.24, 2.45) is 0 Å². The van der Waals surface area contributed by atoms with Crippen LogP contribution in [0.2, 0.25) is 0 Å². The van der Waals surface area contributed by atoms with Crippen LogP contribution in [0.15, 0.2) is 95.9 Å². The molecule has 7 nitrogen and oxygen atoms in total. The lowest BCUT2D eigenvalue weighted by atomic mass is 10.1. The highest BCUT2D eigenvalue weighted by Gasteiger charge is 2.21. The third-order valence-electron chi connectivity index (χ3n) is 5.25. The number of hydrogen-bond donors (Lipinski definition) is 1. The van der Waals surface area contributed by atoms with Gasteiger partial charge in [-0.05, 0) is 71.4 Å². The number of sulfonamides is 1. The molecule has 1 N–H and O–H groups in total. The molecule has 34 heavy (non-hydrogen) atoms. The third kappa shape index (κ3) is 5.00. The average molecular weight is 472 g/mol. The number of nitriles is 1. The second-order valence-corrected chi connectivity index (χ2v) is 9.47. The molecule has 4 rings (SSSR count). The van der Waals surface area contributed by atoms with E-state index in [1.54, 1.807) is 66.7 Å². The number of carbonyl (C=O) groups excluding carboxylic acids is 1. The minimum Gasteiger partial charge on any atom is -0.484 e. The highest BCUT2D eigenvalue weighted by atomic mass is 32.2. The summed E-state index contributed by atoms with van der Waals surface area (Å²) >= 11 is 0. The van der Waals surface area contributed by atoms with Gasteiger partial charge in [-0.1, -0.05) is 30.3 Å². The molecule has 170 valence electrons. The lowest BCUT2D eigenvalue weighted by molar-refractivity contribution is -0.118. The Bertz CT molecular complexity index is 1480. The van der Waals surface area contributed by atoms with Gasteiger partial charge in [-0.3, -0.25) is 9.10 Å². The standard InChI is InChI=1S/C26H21N3O4S/c1-29(34(31,32)25-15-8-20-4-2-3-5-21(20)16-25)23-11-13-24(14-12-23)33-18-26(30)28-22-9-6-19(17-27)7-10-22/h2-16H,18H2,1H3,(H,28,30). The summed E-state index contributed by atoms with van der Waals surface area (Å²) in [6.45, 7) is -0.218. The molecule has 1 amide bonds. The number of rotatable bonds is 7. The summed E-state index contributed by atoms with van der Waals surface area (Å²) in [7, 11) is -2.26. The first kappa shape index (κ1) is 22.8. The molecular weight excluding hydrogens is 450 g/mol. The molecule has 8 heteroatoms. The van der Waals surface area contributed by atoms with Gasteiger partial charge in [-0.25, -0.2) is 8.42 Å². The van der Waals surface area contributed by atoms with Crippen molar-refractivity contribution >= 4 is 38.1 Å². The molecule has 0 radical (unpaired) electrons. The molecule has 0 aromatic heterocycles. The molecule has 4 aromatic rings. The van der Waals surface area contributed by atoms with E-state index in [0.717, 1.165) is 10.8 Å². The van der Waals surface area contributed by atoms with Gasteiger partial charge in [0, 0.05) is 12.7 Å². The zero-order chi connectivity index (χ0) is 24.1. The highest BCUT2D eigenvalue weighted by Crippen LogP contribution is 2.26. The van der Waals surface area contributed by atoms with Crippen LogP contribution < -0.4 is 14.4 Å². The summed E-state index contributed by atoms with van der Waals surface area (Å²) in [6.07, 6.45) is 0. The fraction of sp³-hybridized carbons (Fsp3) is 0.0769. The summed E-state index contributed by atoms with van der Waals surface area (Å²) in [4.78, 5) is 12.3. The third-order valence-corrected chi connectivity index (χ3v) is 7.03. The topological polar surface area (TPSA) is 99.5 Å². The van der Waals surface area contributed by atoms with Crippen molar-refractivity contribution in [1.82, 2.24) is 0 Å². The Balaban J connectivity index is 1.39. The number of hydrogen-bond acceptors (Lipinski definition) is 5. The van der Waals surface area contributed by atoms with E-state index in [1.807, 2.05) is 30.3 Å². The normalized spacial score (nSPS) is 10.9. The van der Waals surface area contributed by atoms with Gasteiger partial charge in [0.15, 0.2) is 6.61 Å². The summed E-state index contributed by atoms with van der Waals surface area (Å²) in [5, 5.41) is 13.3. The zero-order valence-electron chi connectivity index (χ0n) is 18.3. The van der Waals surface area contributed by atoms with Gasteiger partial charge in [0.1, 0.15) is 5.75 Å². The van der Waals surface area contributed by atoms with Crippen LogP contribution in [-0.2, 0) is 14.8 Å². The van der Waals surface area contributed by atoms with Crippen LogP contribution in [0, 0.1) is 11.3 Å². The molecular formula is C26H21N3O4S. The number of ether oxygens (including phenoxy) is 1. The maximum absolute atomic E-state index is 13.1. The summed E-state index contributed by atoms with van der Waals surface area (Å²) in [5.74, 6) is 0.0695. The van der Waals surface area contributed by atoms with Crippen LogP contribution in [0.5, 0.6) is 5.75 Å². The number of nitrogens with zero attached hydrogens (tertiary/aromatic N) is 2. The first-order valence-electron chi connectivity index (χ1n) is 10.4. The van der Waals surface area contributed by atoms with Crippen molar-refractivity contribution in [1.29, 1.82) is 5.26 Å². The second kappa shape index (κ2) is 9.65. The van der Waals surface area contributed by atoms with E-state index in [-0.39, 0.29) is 17.4 Å². The van der Waals surface area contributed by atoms with E-state index < -0.39 is 10.0 Å². The number of amides is 1. The van der Waals surface area contributed by atoms with E-state index in [4.69, 9.17) is 10.00 Å². The summed E-state index contributed by atoms with van der Waals surface area (Å²) in [6, 6.07) is 27.6. The van der Waals surface area contributed by atoms with E-state index in [0.29, 0.717) is 22.7 Å². The van der Waals surface area contributed by atoms with Crippen LogP contribution in [-0.4, -0.2) is 28.0 Å². The minimum absolute atomic E-state index is 0.202. The molecule has 0 heterocycles. The van der Waals surface area contributed by atoms with Gasteiger partial charge < -0.3 is 10.1 Å². The Morgan fingerprint density at radius 3 is 2.29 bits per heavy atom. The SMILES string of the molecule is CN(c1ccc(OCC(=O)Nc2ccc(C#N)cc2)cc1)S(=O)(=O)c1ccc2ccccc2c1. The first-order valence-corrected chi connectivity index (χ1v) is 11.8. The monoisotopic (exact) mass is 471 g/mol. The van der Waals surface area contributed by atoms with Gasteiger partial charge >= 0.3 is 0 Å². The van der Waals surface area contributed by atoms with Crippen LogP contribution in [0.25, 0.3) is 10.8 Å². The fourth-order valence-electron chi connectivity index (χ4n) is 3.35. The summed E-state index contributed by atoms with van der Waals surface area (Å²) < 4.78 is 32.9. The predicted octanol–water partition coefficient (Wildman–Crippen LogP) is 4.55. The van der Waals surface area contributed by atoms with Crippen molar-refractivity contribution in [3.63, 3.8) is 0 Å². The first-order chi connectivity index (χ1) is 16.4. The molecule has 0 unspecified atom stereocenters. The van der Waals surface area contributed by atoms with Crippen LogP contribution in [0.4, 0.5) is 11.4 Å². The number of carbonyl (C=O) groups is 1. The molecule has 0 fully saturated rings. The van der Waals surface area contributed by atoms with Crippen molar-refractivity contribution in [3.05, 3.63) is 96.6 Å². The molecule has 0 aliphatic carbocycles. The van der Waals surface area contributed by atoms with Crippen molar-refractivity contribution in [2.45, 2.75) is 4.90 Å².